The van der Waals surface area contributed by atoms with Crippen molar-refractivity contribution in [1.82, 2.24) is 0 Å². The second-order valence-corrected chi connectivity index (χ2v) is 5.93. The standard InChI is InChI=1S/C16H23NO2/c1-11-9-13(10-14(12(11)2)17(3)4)16(15(18)19)7-5-6-8-16/h9-10H,5-8H2,1-4H3,(H,18,19). The summed E-state index contributed by atoms with van der Waals surface area (Å²) in [6.45, 7) is 4.16. The lowest BCUT2D eigenvalue weighted by Crippen LogP contribution is -2.33. The minimum absolute atomic E-state index is 0.663. The normalized spacial score (nSPS) is 17.5. The van der Waals surface area contributed by atoms with Crippen molar-refractivity contribution in [2.45, 2.75) is 44.9 Å². The second kappa shape index (κ2) is 4.87. The molecule has 1 N–H and O–H groups in total. The molecule has 0 aliphatic heterocycles. The Hall–Kier alpha value is -1.51. The maximum Gasteiger partial charge on any atom is 0.314 e. The summed E-state index contributed by atoms with van der Waals surface area (Å²) in [6.07, 6.45) is 3.54. The molecule has 0 spiro atoms. The van der Waals surface area contributed by atoms with Gasteiger partial charge in [-0.1, -0.05) is 18.9 Å². The lowest BCUT2D eigenvalue weighted by molar-refractivity contribution is -0.143. The van der Waals surface area contributed by atoms with Crippen molar-refractivity contribution in [2.24, 2.45) is 0 Å². The Balaban J connectivity index is 2.59. The Morgan fingerprint density at radius 1 is 1.21 bits per heavy atom. The molecule has 104 valence electrons. The van der Waals surface area contributed by atoms with E-state index in [0.717, 1.165) is 36.9 Å². The van der Waals surface area contributed by atoms with Gasteiger partial charge in [0.15, 0.2) is 0 Å². The van der Waals surface area contributed by atoms with Crippen LogP contribution in [0.5, 0.6) is 0 Å². The predicted molar refractivity (Wildman–Crippen MR) is 78.0 cm³/mol. The van der Waals surface area contributed by atoms with Crippen LogP contribution in [0.15, 0.2) is 12.1 Å². The molecule has 1 aliphatic carbocycles. The Labute approximate surface area is 115 Å². The Morgan fingerprint density at radius 3 is 2.26 bits per heavy atom. The van der Waals surface area contributed by atoms with Crippen molar-refractivity contribution >= 4 is 11.7 Å². The van der Waals surface area contributed by atoms with Crippen molar-refractivity contribution < 1.29 is 9.90 Å². The molecule has 1 aromatic carbocycles. The predicted octanol–water partition coefficient (Wildman–Crippen LogP) is 3.27. The number of anilines is 1. The number of aryl methyl sites for hydroxylation is 1. The van der Waals surface area contributed by atoms with E-state index in [9.17, 15) is 9.90 Å². The molecule has 1 aromatic rings. The highest BCUT2D eigenvalue weighted by molar-refractivity contribution is 5.82. The van der Waals surface area contributed by atoms with E-state index in [1.54, 1.807) is 0 Å². The number of carboxylic acid groups (broad SMARTS) is 1. The van der Waals surface area contributed by atoms with E-state index in [-0.39, 0.29) is 0 Å². The molecule has 0 amide bonds. The summed E-state index contributed by atoms with van der Waals surface area (Å²) in [4.78, 5) is 13.9. The van der Waals surface area contributed by atoms with Gasteiger partial charge in [0.25, 0.3) is 0 Å². The number of nitrogens with zero attached hydrogens (tertiary/aromatic N) is 1. The van der Waals surface area contributed by atoms with Crippen molar-refractivity contribution in [3.8, 4) is 0 Å². The van der Waals surface area contributed by atoms with Crippen LogP contribution < -0.4 is 4.90 Å². The van der Waals surface area contributed by atoms with Gasteiger partial charge < -0.3 is 10.0 Å². The van der Waals surface area contributed by atoms with Gasteiger partial charge in [-0.05, 0) is 49.4 Å². The smallest absolute Gasteiger partial charge is 0.314 e. The highest BCUT2D eigenvalue weighted by Gasteiger charge is 2.43. The largest absolute Gasteiger partial charge is 0.481 e. The summed E-state index contributed by atoms with van der Waals surface area (Å²) < 4.78 is 0. The minimum Gasteiger partial charge on any atom is -0.481 e. The van der Waals surface area contributed by atoms with E-state index in [0.29, 0.717) is 0 Å². The molecule has 0 radical (unpaired) electrons. The van der Waals surface area contributed by atoms with Gasteiger partial charge >= 0.3 is 5.97 Å². The number of hydrogen-bond donors (Lipinski definition) is 1. The molecule has 19 heavy (non-hydrogen) atoms. The SMILES string of the molecule is Cc1cc(C2(C(=O)O)CCCC2)cc(N(C)C)c1C. The van der Waals surface area contributed by atoms with Gasteiger partial charge in [0, 0.05) is 19.8 Å². The molecule has 0 unspecified atom stereocenters. The summed E-state index contributed by atoms with van der Waals surface area (Å²) in [5, 5.41) is 9.69. The molecule has 3 nitrogen and oxygen atoms in total. The number of benzene rings is 1. The topological polar surface area (TPSA) is 40.5 Å². The van der Waals surface area contributed by atoms with E-state index in [4.69, 9.17) is 0 Å². The molecule has 1 saturated carbocycles. The molecule has 0 bridgehead atoms. The fraction of sp³-hybridized carbons (Fsp3) is 0.562. The highest BCUT2D eigenvalue weighted by Crippen LogP contribution is 2.43. The summed E-state index contributed by atoms with van der Waals surface area (Å²) in [6, 6.07) is 4.14. The number of hydrogen-bond acceptors (Lipinski definition) is 2. The monoisotopic (exact) mass is 261 g/mol. The van der Waals surface area contributed by atoms with E-state index in [2.05, 4.69) is 30.9 Å². The third-order valence-electron chi connectivity index (χ3n) is 4.54. The van der Waals surface area contributed by atoms with E-state index in [1.165, 1.54) is 11.1 Å². The Kier molecular flexibility index (Phi) is 3.57. The number of carboxylic acids is 1. The van der Waals surface area contributed by atoms with Gasteiger partial charge in [-0.2, -0.15) is 0 Å². The molecule has 0 heterocycles. The van der Waals surface area contributed by atoms with Gasteiger partial charge in [0.05, 0.1) is 5.41 Å². The maximum atomic E-state index is 11.8. The fourth-order valence-corrected chi connectivity index (χ4v) is 3.19. The number of aliphatic carboxylic acids is 1. The summed E-state index contributed by atoms with van der Waals surface area (Å²) in [5.41, 5.74) is 3.84. The third-order valence-corrected chi connectivity index (χ3v) is 4.54. The lowest BCUT2D eigenvalue weighted by Gasteiger charge is -2.28. The quantitative estimate of drug-likeness (QED) is 0.908. The Bertz CT molecular complexity index is 500. The first kappa shape index (κ1) is 13.9. The van der Waals surface area contributed by atoms with Gasteiger partial charge in [-0.3, -0.25) is 4.79 Å². The first-order valence-corrected chi connectivity index (χ1v) is 6.91. The summed E-state index contributed by atoms with van der Waals surface area (Å²) in [5.74, 6) is -0.669. The zero-order chi connectivity index (χ0) is 14.2. The average Bonchev–Trinajstić information content (AvgIpc) is 2.82. The van der Waals surface area contributed by atoms with Crippen molar-refractivity contribution in [3.63, 3.8) is 0 Å². The van der Waals surface area contributed by atoms with Crippen molar-refractivity contribution in [3.05, 3.63) is 28.8 Å². The van der Waals surface area contributed by atoms with Crippen LogP contribution in [0.2, 0.25) is 0 Å². The molecule has 3 heteroatoms. The average molecular weight is 261 g/mol. The summed E-state index contributed by atoms with van der Waals surface area (Å²) in [7, 11) is 4.02. The molecular weight excluding hydrogens is 238 g/mol. The molecular formula is C16H23NO2. The maximum absolute atomic E-state index is 11.8. The van der Waals surface area contributed by atoms with Crippen LogP contribution in [0, 0.1) is 13.8 Å². The fourth-order valence-electron chi connectivity index (χ4n) is 3.19. The zero-order valence-electron chi connectivity index (χ0n) is 12.3. The number of carbonyl (C=O) groups is 1. The van der Waals surface area contributed by atoms with E-state index >= 15 is 0 Å². The first-order valence-electron chi connectivity index (χ1n) is 6.91. The van der Waals surface area contributed by atoms with Crippen LogP contribution in [0.4, 0.5) is 5.69 Å². The van der Waals surface area contributed by atoms with Crippen LogP contribution in [0.25, 0.3) is 0 Å². The van der Waals surface area contributed by atoms with Crippen LogP contribution in [-0.4, -0.2) is 25.2 Å². The van der Waals surface area contributed by atoms with E-state index in [1.807, 2.05) is 14.1 Å². The molecule has 2 rings (SSSR count). The van der Waals surface area contributed by atoms with Gasteiger partial charge in [-0.15, -0.1) is 0 Å². The molecule has 1 aliphatic rings. The second-order valence-electron chi connectivity index (χ2n) is 5.93. The summed E-state index contributed by atoms with van der Waals surface area (Å²) >= 11 is 0. The van der Waals surface area contributed by atoms with E-state index < -0.39 is 11.4 Å². The molecule has 0 atom stereocenters. The Morgan fingerprint density at radius 2 is 1.79 bits per heavy atom. The van der Waals surface area contributed by atoms with Crippen molar-refractivity contribution in [2.75, 3.05) is 19.0 Å². The van der Waals surface area contributed by atoms with Crippen LogP contribution in [-0.2, 0) is 10.2 Å². The van der Waals surface area contributed by atoms with Gasteiger partial charge in [-0.25, -0.2) is 0 Å². The van der Waals surface area contributed by atoms with Gasteiger partial charge in [0.2, 0.25) is 0 Å². The van der Waals surface area contributed by atoms with Crippen LogP contribution in [0.1, 0.15) is 42.4 Å². The lowest BCUT2D eigenvalue weighted by atomic mass is 9.77. The van der Waals surface area contributed by atoms with Crippen LogP contribution >= 0.6 is 0 Å². The van der Waals surface area contributed by atoms with Crippen molar-refractivity contribution in [1.29, 1.82) is 0 Å². The minimum atomic E-state index is -0.669. The third kappa shape index (κ3) is 2.22. The highest BCUT2D eigenvalue weighted by atomic mass is 16.4. The zero-order valence-corrected chi connectivity index (χ0v) is 12.3. The van der Waals surface area contributed by atoms with Gasteiger partial charge in [0.1, 0.15) is 0 Å². The first-order chi connectivity index (χ1) is 8.88. The number of rotatable bonds is 3. The molecule has 0 aromatic heterocycles. The molecule has 0 saturated heterocycles. The molecule has 1 fully saturated rings. The van der Waals surface area contributed by atoms with Crippen LogP contribution in [0.3, 0.4) is 0 Å².